The van der Waals surface area contributed by atoms with Gasteiger partial charge in [-0.25, -0.2) is 0 Å². The molecule has 3 rings (SSSR count). The first-order chi connectivity index (χ1) is 12.5. The molecule has 1 fully saturated rings. The second kappa shape index (κ2) is 7.73. The number of carbonyl (C=O) groups excluding carboxylic acids is 2. The van der Waals surface area contributed by atoms with Crippen LogP contribution in [-0.2, 0) is 22.4 Å². The molecule has 0 radical (unpaired) electrons. The van der Waals surface area contributed by atoms with E-state index in [2.05, 4.69) is 24.5 Å². The molecular formula is C22H26N2O2. The van der Waals surface area contributed by atoms with Crippen LogP contribution in [0.15, 0.2) is 42.5 Å². The molecule has 1 aliphatic rings. The zero-order chi connectivity index (χ0) is 18.7. The lowest BCUT2D eigenvalue weighted by molar-refractivity contribution is -0.122. The largest absolute Gasteiger partial charge is 0.326 e. The van der Waals surface area contributed by atoms with Gasteiger partial charge >= 0.3 is 0 Å². The topological polar surface area (TPSA) is 58.2 Å². The summed E-state index contributed by atoms with van der Waals surface area (Å²) in [6.07, 6.45) is 2.33. The van der Waals surface area contributed by atoms with Gasteiger partial charge in [0, 0.05) is 11.4 Å². The van der Waals surface area contributed by atoms with Crippen LogP contribution in [0.3, 0.4) is 0 Å². The molecule has 2 N–H and O–H groups in total. The van der Waals surface area contributed by atoms with Crippen molar-refractivity contribution in [1.82, 2.24) is 0 Å². The maximum Gasteiger partial charge on any atom is 0.228 e. The zero-order valence-electron chi connectivity index (χ0n) is 15.6. The highest BCUT2D eigenvalue weighted by Crippen LogP contribution is 2.41. The van der Waals surface area contributed by atoms with E-state index in [1.807, 2.05) is 49.4 Å². The van der Waals surface area contributed by atoms with E-state index in [0.717, 1.165) is 40.9 Å². The number of benzene rings is 2. The number of rotatable bonds is 6. The van der Waals surface area contributed by atoms with Gasteiger partial charge in [-0.1, -0.05) is 50.2 Å². The highest BCUT2D eigenvalue weighted by molar-refractivity contribution is 6.04. The molecule has 2 aromatic carbocycles. The summed E-state index contributed by atoms with van der Waals surface area (Å²) in [6.45, 7) is 6.13. The number of para-hydroxylation sites is 2. The van der Waals surface area contributed by atoms with Crippen molar-refractivity contribution in [3.8, 4) is 0 Å². The van der Waals surface area contributed by atoms with Gasteiger partial charge in [0.05, 0.1) is 11.8 Å². The molecule has 2 atom stereocenters. The van der Waals surface area contributed by atoms with E-state index in [0.29, 0.717) is 6.42 Å². The third-order valence-electron chi connectivity index (χ3n) is 5.11. The monoisotopic (exact) mass is 350 g/mol. The van der Waals surface area contributed by atoms with Crippen molar-refractivity contribution in [2.45, 2.75) is 40.0 Å². The molecule has 2 unspecified atom stereocenters. The minimum absolute atomic E-state index is 0.0575. The number of amides is 2. The summed E-state index contributed by atoms with van der Waals surface area (Å²) in [7, 11) is 0. The van der Waals surface area contributed by atoms with Gasteiger partial charge in [-0.2, -0.15) is 0 Å². The molecule has 1 saturated carbocycles. The minimum Gasteiger partial charge on any atom is -0.326 e. The number of hydrogen-bond donors (Lipinski definition) is 2. The summed E-state index contributed by atoms with van der Waals surface area (Å²) >= 11 is 0. The van der Waals surface area contributed by atoms with Gasteiger partial charge in [0.15, 0.2) is 0 Å². The molecule has 0 aliphatic heterocycles. The SMILES string of the molecule is CCc1ccccc1NC(=O)C1CC1C(=O)Nc1c(C)cccc1CC. The Kier molecular flexibility index (Phi) is 5.40. The van der Waals surface area contributed by atoms with Crippen LogP contribution in [0.25, 0.3) is 0 Å². The van der Waals surface area contributed by atoms with E-state index in [-0.39, 0.29) is 23.7 Å². The van der Waals surface area contributed by atoms with Crippen LogP contribution in [0.5, 0.6) is 0 Å². The van der Waals surface area contributed by atoms with Gasteiger partial charge in [-0.3, -0.25) is 9.59 Å². The number of aryl methyl sites for hydroxylation is 3. The van der Waals surface area contributed by atoms with E-state index < -0.39 is 0 Å². The van der Waals surface area contributed by atoms with E-state index in [1.165, 1.54) is 0 Å². The standard InChI is InChI=1S/C22H26N2O2/c1-4-15-10-6-7-12-19(15)23-21(25)17-13-18(17)22(26)24-20-14(3)9-8-11-16(20)5-2/h6-12,17-18H,4-5,13H2,1-3H3,(H,23,25)(H,24,26). The lowest BCUT2D eigenvalue weighted by Crippen LogP contribution is -2.21. The third kappa shape index (κ3) is 3.79. The zero-order valence-corrected chi connectivity index (χ0v) is 15.6. The van der Waals surface area contributed by atoms with Crippen molar-refractivity contribution < 1.29 is 9.59 Å². The Morgan fingerprint density at radius 1 is 0.885 bits per heavy atom. The molecule has 0 aromatic heterocycles. The minimum atomic E-state index is -0.242. The lowest BCUT2D eigenvalue weighted by atomic mass is 10.1. The maximum atomic E-state index is 12.6. The average Bonchev–Trinajstić information content (AvgIpc) is 3.45. The van der Waals surface area contributed by atoms with Gasteiger partial charge in [-0.05, 0) is 48.9 Å². The van der Waals surface area contributed by atoms with Crippen LogP contribution >= 0.6 is 0 Å². The fourth-order valence-corrected chi connectivity index (χ4v) is 3.37. The van der Waals surface area contributed by atoms with E-state index in [9.17, 15) is 9.59 Å². The summed E-state index contributed by atoms with van der Waals surface area (Å²) in [4.78, 5) is 25.1. The first-order valence-corrected chi connectivity index (χ1v) is 9.33. The highest BCUT2D eigenvalue weighted by atomic mass is 16.2. The van der Waals surface area contributed by atoms with Crippen molar-refractivity contribution in [2.75, 3.05) is 10.6 Å². The molecule has 26 heavy (non-hydrogen) atoms. The van der Waals surface area contributed by atoms with Gasteiger partial charge in [0.25, 0.3) is 0 Å². The second-order valence-corrected chi connectivity index (χ2v) is 6.90. The van der Waals surface area contributed by atoms with Crippen LogP contribution in [-0.4, -0.2) is 11.8 Å². The van der Waals surface area contributed by atoms with Crippen LogP contribution in [0.4, 0.5) is 11.4 Å². The van der Waals surface area contributed by atoms with Crippen LogP contribution in [0.1, 0.15) is 37.0 Å². The van der Waals surface area contributed by atoms with E-state index >= 15 is 0 Å². The summed E-state index contributed by atoms with van der Waals surface area (Å²) in [5.41, 5.74) is 5.02. The Bertz CT molecular complexity index is 829. The third-order valence-corrected chi connectivity index (χ3v) is 5.11. The predicted molar refractivity (Wildman–Crippen MR) is 105 cm³/mol. The average molecular weight is 350 g/mol. The first-order valence-electron chi connectivity index (χ1n) is 9.33. The van der Waals surface area contributed by atoms with Gasteiger partial charge < -0.3 is 10.6 Å². The van der Waals surface area contributed by atoms with Crippen molar-refractivity contribution in [3.05, 3.63) is 59.2 Å². The van der Waals surface area contributed by atoms with Crippen molar-refractivity contribution in [1.29, 1.82) is 0 Å². The smallest absolute Gasteiger partial charge is 0.228 e. The predicted octanol–water partition coefficient (Wildman–Crippen LogP) is 4.33. The molecule has 0 saturated heterocycles. The molecule has 0 spiro atoms. The lowest BCUT2D eigenvalue weighted by Gasteiger charge is -2.13. The Hall–Kier alpha value is -2.62. The van der Waals surface area contributed by atoms with E-state index in [1.54, 1.807) is 0 Å². The summed E-state index contributed by atoms with van der Waals surface area (Å²) < 4.78 is 0. The Labute approximate surface area is 155 Å². The Morgan fingerprint density at radius 2 is 1.50 bits per heavy atom. The van der Waals surface area contributed by atoms with Gasteiger partial charge in [0.2, 0.25) is 11.8 Å². The molecule has 2 aromatic rings. The molecule has 4 heteroatoms. The number of nitrogens with one attached hydrogen (secondary N) is 2. The normalized spacial score (nSPS) is 18.3. The molecule has 136 valence electrons. The first kappa shape index (κ1) is 18.2. The number of anilines is 2. The van der Waals surface area contributed by atoms with E-state index in [4.69, 9.17) is 0 Å². The molecule has 2 amide bonds. The molecule has 0 bridgehead atoms. The maximum absolute atomic E-state index is 12.6. The van der Waals surface area contributed by atoms with Crippen LogP contribution < -0.4 is 10.6 Å². The Balaban J connectivity index is 1.63. The highest BCUT2D eigenvalue weighted by Gasteiger charge is 2.48. The van der Waals surface area contributed by atoms with Crippen molar-refractivity contribution in [2.24, 2.45) is 11.8 Å². The molecular weight excluding hydrogens is 324 g/mol. The molecule has 0 heterocycles. The fraction of sp³-hybridized carbons (Fsp3) is 0.364. The Morgan fingerprint density at radius 3 is 2.19 bits per heavy atom. The molecule has 4 nitrogen and oxygen atoms in total. The summed E-state index contributed by atoms with van der Waals surface area (Å²) in [5, 5.41) is 6.03. The van der Waals surface area contributed by atoms with Crippen molar-refractivity contribution >= 4 is 23.2 Å². The summed E-state index contributed by atoms with van der Waals surface area (Å²) in [6, 6.07) is 13.8. The number of carbonyl (C=O) groups is 2. The molecule has 1 aliphatic carbocycles. The number of hydrogen-bond acceptors (Lipinski definition) is 2. The van der Waals surface area contributed by atoms with Crippen LogP contribution in [0.2, 0.25) is 0 Å². The fourth-order valence-electron chi connectivity index (χ4n) is 3.37. The second-order valence-electron chi connectivity index (χ2n) is 6.90. The van der Waals surface area contributed by atoms with Gasteiger partial charge in [-0.15, -0.1) is 0 Å². The summed E-state index contributed by atoms with van der Waals surface area (Å²) in [5.74, 6) is -0.605. The van der Waals surface area contributed by atoms with Crippen molar-refractivity contribution in [3.63, 3.8) is 0 Å². The van der Waals surface area contributed by atoms with Gasteiger partial charge in [0.1, 0.15) is 0 Å². The van der Waals surface area contributed by atoms with Crippen LogP contribution in [0, 0.1) is 18.8 Å². The quantitative estimate of drug-likeness (QED) is 0.814.